The first-order chi connectivity index (χ1) is 13.0. The van der Waals surface area contributed by atoms with E-state index in [1.807, 2.05) is 0 Å². The first-order valence-corrected chi connectivity index (χ1v) is 9.85. The molecule has 27 heavy (non-hydrogen) atoms. The molecule has 1 amide bonds. The molecule has 144 valence electrons. The van der Waals surface area contributed by atoms with E-state index in [9.17, 15) is 9.18 Å². The van der Waals surface area contributed by atoms with Crippen LogP contribution in [0.2, 0.25) is 5.02 Å². The Morgan fingerprint density at radius 2 is 2.19 bits per heavy atom. The van der Waals surface area contributed by atoms with Crippen LogP contribution < -0.4 is 10.1 Å². The van der Waals surface area contributed by atoms with Crippen LogP contribution in [-0.4, -0.2) is 11.9 Å². The van der Waals surface area contributed by atoms with Crippen molar-refractivity contribution < 1.29 is 18.3 Å². The van der Waals surface area contributed by atoms with Gasteiger partial charge in [-0.05, 0) is 74.3 Å². The minimum atomic E-state index is -0.422. The Balaban J connectivity index is 1.32. The van der Waals surface area contributed by atoms with Gasteiger partial charge in [-0.1, -0.05) is 18.0 Å². The molecule has 1 heterocycles. The van der Waals surface area contributed by atoms with Crippen LogP contribution in [0.15, 0.2) is 34.7 Å². The van der Waals surface area contributed by atoms with Crippen LogP contribution in [0.1, 0.15) is 48.9 Å². The Labute approximate surface area is 163 Å². The second-order valence-corrected chi connectivity index (χ2v) is 8.14. The maximum absolute atomic E-state index is 13.1. The zero-order valence-corrected chi connectivity index (χ0v) is 16.0. The van der Waals surface area contributed by atoms with Gasteiger partial charge in [0.25, 0.3) is 5.91 Å². The molecule has 2 fully saturated rings. The highest BCUT2D eigenvalue weighted by atomic mass is 35.5. The number of carbonyl (C=O) groups excluding carboxylic acids is 1. The lowest BCUT2D eigenvalue weighted by Gasteiger charge is -2.28. The SMILES string of the molecule is CC(NC(=O)c1ccc(COc2ccc(F)cc2Cl)o1)C1CC2CCC1C2. The average molecular weight is 392 g/mol. The molecule has 2 aliphatic rings. The number of halogens is 2. The van der Waals surface area contributed by atoms with E-state index in [0.29, 0.717) is 17.4 Å². The molecule has 0 aliphatic heterocycles. The number of nitrogens with one attached hydrogen (secondary N) is 1. The van der Waals surface area contributed by atoms with Crippen LogP contribution in [0, 0.1) is 23.6 Å². The summed E-state index contributed by atoms with van der Waals surface area (Å²) in [7, 11) is 0. The van der Waals surface area contributed by atoms with E-state index >= 15 is 0 Å². The summed E-state index contributed by atoms with van der Waals surface area (Å²) >= 11 is 5.94. The van der Waals surface area contributed by atoms with Gasteiger partial charge in [0.15, 0.2) is 5.76 Å². The van der Waals surface area contributed by atoms with Gasteiger partial charge in [0.05, 0.1) is 5.02 Å². The van der Waals surface area contributed by atoms with Crippen LogP contribution in [0.5, 0.6) is 5.75 Å². The number of furan rings is 1. The summed E-state index contributed by atoms with van der Waals surface area (Å²) in [5, 5.41) is 3.28. The number of carbonyl (C=O) groups is 1. The Morgan fingerprint density at radius 3 is 2.89 bits per heavy atom. The summed E-state index contributed by atoms with van der Waals surface area (Å²) in [4.78, 5) is 12.5. The molecule has 0 radical (unpaired) electrons. The van der Waals surface area contributed by atoms with Gasteiger partial charge in [0, 0.05) is 6.04 Å². The lowest BCUT2D eigenvalue weighted by molar-refractivity contribution is 0.0883. The molecule has 4 unspecified atom stereocenters. The second-order valence-electron chi connectivity index (χ2n) is 7.73. The summed E-state index contributed by atoms with van der Waals surface area (Å²) in [6.07, 6.45) is 5.19. The van der Waals surface area contributed by atoms with E-state index in [4.69, 9.17) is 20.8 Å². The summed E-state index contributed by atoms with van der Waals surface area (Å²) in [6, 6.07) is 7.43. The molecule has 1 aromatic carbocycles. The molecule has 2 saturated carbocycles. The third-order valence-corrected chi connectivity index (χ3v) is 6.24. The molecule has 6 heteroatoms. The van der Waals surface area contributed by atoms with Crippen molar-refractivity contribution in [2.24, 2.45) is 17.8 Å². The quantitative estimate of drug-likeness (QED) is 0.735. The van der Waals surface area contributed by atoms with Gasteiger partial charge in [0.2, 0.25) is 0 Å². The van der Waals surface area contributed by atoms with E-state index in [2.05, 4.69) is 12.2 Å². The first kappa shape index (κ1) is 18.4. The highest BCUT2D eigenvalue weighted by Crippen LogP contribution is 2.49. The number of benzene rings is 1. The molecule has 2 bridgehead atoms. The molecular formula is C21H23ClFNO3. The third-order valence-electron chi connectivity index (χ3n) is 5.94. The summed E-state index contributed by atoms with van der Waals surface area (Å²) in [6.45, 7) is 2.20. The van der Waals surface area contributed by atoms with Crippen LogP contribution in [0.3, 0.4) is 0 Å². The fourth-order valence-electron chi connectivity index (χ4n) is 4.61. The maximum Gasteiger partial charge on any atom is 0.287 e. The third kappa shape index (κ3) is 3.98. The number of hydrogen-bond acceptors (Lipinski definition) is 3. The number of rotatable bonds is 6. The van der Waals surface area contributed by atoms with Crippen molar-refractivity contribution in [2.75, 3.05) is 0 Å². The minimum absolute atomic E-state index is 0.112. The van der Waals surface area contributed by atoms with E-state index in [1.165, 1.54) is 43.9 Å². The standard InChI is InChI=1S/C21H23ClFNO3/c1-12(17-9-13-2-3-14(17)8-13)24-21(25)20-7-5-16(27-20)11-26-19-6-4-15(23)10-18(19)22/h4-7,10,12-14,17H,2-3,8-9,11H2,1H3,(H,24,25). The van der Waals surface area contributed by atoms with Gasteiger partial charge in [0.1, 0.15) is 23.9 Å². The predicted molar refractivity (Wildman–Crippen MR) is 100 cm³/mol. The highest BCUT2D eigenvalue weighted by molar-refractivity contribution is 6.32. The van der Waals surface area contributed by atoms with Crippen molar-refractivity contribution in [2.45, 2.75) is 45.3 Å². The topological polar surface area (TPSA) is 51.5 Å². The van der Waals surface area contributed by atoms with Crippen LogP contribution in [0.25, 0.3) is 0 Å². The van der Waals surface area contributed by atoms with E-state index in [1.54, 1.807) is 12.1 Å². The van der Waals surface area contributed by atoms with Gasteiger partial charge in [-0.25, -0.2) is 4.39 Å². The summed E-state index contributed by atoms with van der Waals surface area (Å²) in [5.74, 6) is 2.71. The van der Waals surface area contributed by atoms with Crippen molar-refractivity contribution in [3.63, 3.8) is 0 Å². The Morgan fingerprint density at radius 1 is 1.33 bits per heavy atom. The lowest BCUT2D eigenvalue weighted by Crippen LogP contribution is -2.40. The normalized spacial score (nSPS) is 24.8. The fourth-order valence-corrected chi connectivity index (χ4v) is 4.83. The number of ether oxygens (including phenoxy) is 1. The number of fused-ring (bicyclic) bond motifs is 2. The Hall–Kier alpha value is -2.01. The van der Waals surface area contributed by atoms with Crippen LogP contribution in [0.4, 0.5) is 4.39 Å². The average Bonchev–Trinajstić information content (AvgIpc) is 3.37. The maximum atomic E-state index is 13.1. The van der Waals surface area contributed by atoms with Gasteiger partial charge < -0.3 is 14.5 Å². The van der Waals surface area contributed by atoms with E-state index in [-0.39, 0.29) is 29.3 Å². The molecule has 1 N–H and O–H groups in total. The van der Waals surface area contributed by atoms with E-state index < -0.39 is 5.82 Å². The zero-order valence-electron chi connectivity index (χ0n) is 15.2. The zero-order chi connectivity index (χ0) is 19.0. The molecule has 0 spiro atoms. The Bertz CT molecular complexity index is 837. The lowest BCUT2D eigenvalue weighted by atomic mass is 9.84. The fraction of sp³-hybridized carbons (Fsp3) is 0.476. The van der Waals surface area contributed by atoms with Gasteiger partial charge in [-0.3, -0.25) is 4.79 Å². The molecule has 2 aromatic rings. The smallest absolute Gasteiger partial charge is 0.287 e. The van der Waals surface area contributed by atoms with Crippen molar-refractivity contribution in [3.05, 3.63) is 52.7 Å². The van der Waals surface area contributed by atoms with Crippen molar-refractivity contribution in [3.8, 4) is 5.75 Å². The van der Waals surface area contributed by atoms with Gasteiger partial charge in [-0.15, -0.1) is 0 Å². The molecule has 4 atom stereocenters. The molecular weight excluding hydrogens is 369 g/mol. The molecule has 0 saturated heterocycles. The predicted octanol–water partition coefficient (Wildman–Crippen LogP) is 5.21. The van der Waals surface area contributed by atoms with Crippen molar-refractivity contribution in [1.82, 2.24) is 5.32 Å². The molecule has 2 aliphatic carbocycles. The van der Waals surface area contributed by atoms with Crippen LogP contribution >= 0.6 is 11.6 Å². The van der Waals surface area contributed by atoms with Gasteiger partial charge in [-0.2, -0.15) is 0 Å². The molecule has 4 nitrogen and oxygen atoms in total. The highest BCUT2D eigenvalue weighted by Gasteiger charge is 2.42. The van der Waals surface area contributed by atoms with E-state index in [0.717, 1.165) is 11.8 Å². The number of amides is 1. The largest absolute Gasteiger partial charge is 0.484 e. The molecule has 1 aromatic heterocycles. The minimum Gasteiger partial charge on any atom is -0.484 e. The second kappa shape index (κ2) is 7.55. The summed E-state index contributed by atoms with van der Waals surface area (Å²) < 4.78 is 24.2. The van der Waals surface area contributed by atoms with Gasteiger partial charge >= 0.3 is 0 Å². The summed E-state index contributed by atoms with van der Waals surface area (Å²) in [5.41, 5.74) is 0. The van der Waals surface area contributed by atoms with Crippen molar-refractivity contribution in [1.29, 1.82) is 0 Å². The monoisotopic (exact) mass is 391 g/mol. The first-order valence-electron chi connectivity index (χ1n) is 9.47. The molecule has 4 rings (SSSR count). The number of hydrogen-bond donors (Lipinski definition) is 1. The Kier molecular flexibility index (Phi) is 5.13. The van der Waals surface area contributed by atoms with Crippen molar-refractivity contribution >= 4 is 17.5 Å². The van der Waals surface area contributed by atoms with Crippen LogP contribution in [-0.2, 0) is 6.61 Å².